The minimum absolute atomic E-state index is 0.508. The van der Waals surface area contributed by atoms with Crippen molar-refractivity contribution in [2.24, 2.45) is 4.99 Å². The van der Waals surface area contributed by atoms with Gasteiger partial charge in [0, 0.05) is 25.6 Å². The van der Waals surface area contributed by atoms with Gasteiger partial charge in [-0.05, 0) is 19.4 Å². The number of nitrogens with zero attached hydrogens (tertiary/aromatic N) is 4. The third-order valence-electron chi connectivity index (χ3n) is 4.05. The maximum Gasteiger partial charge on any atom is 0.230 e. The van der Waals surface area contributed by atoms with Gasteiger partial charge in [0.15, 0.2) is 0 Å². The van der Waals surface area contributed by atoms with Crippen molar-refractivity contribution in [1.82, 2.24) is 20.2 Å². The molecule has 2 aromatic rings. The maximum atomic E-state index is 5.41. The minimum Gasteiger partial charge on any atom is -0.494 e. The fourth-order valence-corrected chi connectivity index (χ4v) is 2.74. The number of anilines is 1. The number of aryl methyl sites for hydroxylation is 1. The predicted molar refractivity (Wildman–Crippen MR) is 98.0 cm³/mol. The average molecular weight is 344 g/mol. The van der Waals surface area contributed by atoms with Crippen LogP contribution in [0.2, 0.25) is 0 Å². The van der Waals surface area contributed by atoms with Gasteiger partial charge in [0.1, 0.15) is 11.3 Å². The van der Waals surface area contributed by atoms with E-state index in [4.69, 9.17) is 9.47 Å². The number of para-hydroxylation sites is 1. The summed E-state index contributed by atoms with van der Waals surface area (Å²) in [6.07, 6.45) is 0.989. The number of aromatic nitrogens is 2. The number of aliphatic imine (C=N–C) groups is 1. The number of guanidine groups is 1. The van der Waals surface area contributed by atoms with Crippen LogP contribution in [0.3, 0.4) is 0 Å². The van der Waals surface area contributed by atoms with E-state index in [-0.39, 0.29) is 0 Å². The lowest BCUT2D eigenvalue weighted by Crippen LogP contribution is -2.46. The standard InChI is InChI=1S/C17H24N6O2/c1-12-13-6-4-7-14(25-3)15(13)21-17(20-12)22-16-18-10-23(11-19-16)8-5-9-24-2/h4,6-7H,5,8-11H2,1-3H3,(H2,18,19,20,21,22). The van der Waals surface area contributed by atoms with E-state index in [0.717, 1.165) is 48.6 Å². The second-order valence-electron chi connectivity index (χ2n) is 5.84. The number of fused-ring (bicyclic) bond motifs is 1. The Balaban J connectivity index is 1.71. The van der Waals surface area contributed by atoms with Gasteiger partial charge >= 0.3 is 0 Å². The summed E-state index contributed by atoms with van der Waals surface area (Å²) in [6.45, 7) is 5.03. The smallest absolute Gasteiger partial charge is 0.230 e. The number of ether oxygens (including phenoxy) is 2. The molecule has 0 saturated carbocycles. The van der Waals surface area contributed by atoms with Crippen LogP contribution in [0.15, 0.2) is 23.2 Å². The van der Waals surface area contributed by atoms with Crippen molar-refractivity contribution in [2.75, 3.05) is 46.0 Å². The first-order valence-electron chi connectivity index (χ1n) is 8.29. The van der Waals surface area contributed by atoms with E-state index in [0.29, 0.717) is 18.6 Å². The molecular weight excluding hydrogens is 320 g/mol. The average Bonchev–Trinajstić information content (AvgIpc) is 2.63. The quantitative estimate of drug-likeness (QED) is 0.770. The lowest BCUT2D eigenvalue weighted by Gasteiger charge is -2.26. The van der Waals surface area contributed by atoms with Crippen molar-refractivity contribution < 1.29 is 9.47 Å². The zero-order chi connectivity index (χ0) is 17.6. The lowest BCUT2D eigenvalue weighted by molar-refractivity contribution is 0.170. The van der Waals surface area contributed by atoms with Gasteiger partial charge in [-0.1, -0.05) is 12.1 Å². The zero-order valence-electron chi connectivity index (χ0n) is 14.9. The largest absolute Gasteiger partial charge is 0.494 e. The summed E-state index contributed by atoms with van der Waals surface area (Å²) < 4.78 is 10.5. The highest BCUT2D eigenvalue weighted by Gasteiger charge is 2.14. The SMILES string of the molecule is COCCCN1CN=C(Nc2nc(C)c3cccc(OC)c3n2)NC1. The summed E-state index contributed by atoms with van der Waals surface area (Å²) in [5.41, 5.74) is 1.68. The van der Waals surface area contributed by atoms with Crippen molar-refractivity contribution in [3.8, 4) is 5.75 Å². The van der Waals surface area contributed by atoms with Gasteiger partial charge in [0.2, 0.25) is 11.9 Å². The van der Waals surface area contributed by atoms with Crippen molar-refractivity contribution in [3.05, 3.63) is 23.9 Å². The number of nitrogens with one attached hydrogen (secondary N) is 2. The number of hydrogen-bond acceptors (Lipinski definition) is 8. The first kappa shape index (κ1) is 17.4. The van der Waals surface area contributed by atoms with E-state index in [9.17, 15) is 0 Å². The van der Waals surface area contributed by atoms with Crippen LogP contribution in [0, 0.1) is 6.92 Å². The molecule has 0 atom stereocenters. The van der Waals surface area contributed by atoms with E-state index in [1.807, 2.05) is 25.1 Å². The van der Waals surface area contributed by atoms with Crippen LogP contribution in [-0.4, -0.2) is 61.5 Å². The van der Waals surface area contributed by atoms with E-state index in [1.165, 1.54) is 0 Å². The molecule has 0 radical (unpaired) electrons. The van der Waals surface area contributed by atoms with Crippen LogP contribution in [-0.2, 0) is 4.74 Å². The Kier molecular flexibility index (Phi) is 5.62. The molecule has 8 heteroatoms. The molecule has 0 unspecified atom stereocenters. The molecule has 25 heavy (non-hydrogen) atoms. The molecule has 1 aromatic heterocycles. The number of benzene rings is 1. The molecule has 1 aliphatic heterocycles. The van der Waals surface area contributed by atoms with Crippen LogP contribution in [0.25, 0.3) is 10.9 Å². The van der Waals surface area contributed by atoms with Gasteiger partial charge in [0.25, 0.3) is 0 Å². The molecule has 0 spiro atoms. The molecular formula is C17H24N6O2. The Hall–Kier alpha value is -2.45. The fourth-order valence-electron chi connectivity index (χ4n) is 2.74. The lowest BCUT2D eigenvalue weighted by atomic mass is 10.2. The molecule has 0 fully saturated rings. The van der Waals surface area contributed by atoms with Crippen molar-refractivity contribution in [3.63, 3.8) is 0 Å². The summed E-state index contributed by atoms with van der Waals surface area (Å²) in [7, 11) is 3.36. The molecule has 1 aromatic carbocycles. The normalized spacial score (nSPS) is 14.9. The van der Waals surface area contributed by atoms with E-state index in [2.05, 4.69) is 30.5 Å². The fraction of sp³-hybridized carbons (Fsp3) is 0.471. The minimum atomic E-state index is 0.508. The first-order chi connectivity index (χ1) is 12.2. The predicted octanol–water partition coefficient (Wildman–Crippen LogP) is 1.57. The third-order valence-corrected chi connectivity index (χ3v) is 4.05. The van der Waals surface area contributed by atoms with Gasteiger partial charge in [-0.3, -0.25) is 10.2 Å². The first-order valence-corrected chi connectivity index (χ1v) is 8.29. The summed E-state index contributed by atoms with van der Waals surface area (Å²) in [5, 5.41) is 7.40. The summed E-state index contributed by atoms with van der Waals surface area (Å²) in [6, 6.07) is 5.83. The van der Waals surface area contributed by atoms with Crippen LogP contribution in [0.1, 0.15) is 12.1 Å². The highest BCUT2D eigenvalue weighted by molar-refractivity contribution is 5.94. The molecule has 2 N–H and O–H groups in total. The second kappa shape index (κ2) is 8.09. The van der Waals surface area contributed by atoms with E-state index in [1.54, 1.807) is 14.2 Å². The van der Waals surface area contributed by atoms with Crippen LogP contribution >= 0.6 is 0 Å². The highest BCUT2D eigenvalue weighted by atomic mass is 16.5. The molecule has 2 heterocycles. The molecule has 8 nitrogen and oxygen atoms in total. The Labute approximate surface area is 147 Å². The van der Waals surface area contributed by atoms with Crippen molar-refractivity contribution in [1.29, 1.82) is 0 Å². The van der Waals surface area contributed by atoms with E-state index < -0.39 is 0 Å². The summed E-state index contributed by atoms with van der Waals surface area (Å²) in [4.78, 5) is 15.8. The molecule has 0 saturated heterocycles. The highest BCUT2D eigenvalue weighted by Crippen LogP contribution is 2.26. The molecule has 0 amide bonds. The molecule has 0 aliphatic carbocycles. The van der Waals surface area contributed by atoms with Gasteiger partial charge in [-0.15, -0.1) is 0 Å². The summed E-state index contributed by atoms with van der Waals surface area (Å²) in [5.74, 6) is 1.92. The monoisotopic (exact) mass is 344 g/mol. The number of rotatable bonds is 6. The number of methoxy groups -OCH3 is 2. The molecule has 3 rings (SSSR count). The van der Waals surface area contributed by atoms with Crippen molar-refractivity contribution >= 4 is 22.8 Å². The Morgan fingerprint density at radius 3 is 2.88 bits per heavy atom. The van der Waals surface area contributed by atoms with Crippen LogP contribution < -0.4 is 15.4 Å². The van der Waals surface area contributed by atoms with Crippen LogP contribution in [0.5, 0.6) is 5.75 Å². The topological polar surface area (TPSA) is 83.9 Å². The zero-order valence-corrected chi connectivity index (χ0v) is 14.9. The third kappa shape index (κ3) is 4.15. The van der Waals surface area contributed by atoms with E-state index >= 15 is 0 Å². The Morgan fingerprint density at radius 2 is 2.16 bits per heavy atom. The van der Waals surface area contributed by atoms with Crippen LogP contribution in [0.4, 0.5) is 5.95 Å². The molecule has 134 valence electrons. The van der Waals surface area contributed by atoms with Crippen molar-refractivity contribution in [2.45, 2.75) is 13.3 Å². The van der Waals surface area contributed by atoms with Gasteiger partial charge < -0.3 is 14.8 Å². The summed E-state index contributed by atoms with van der Waals surface area (Å²) >= 11 is 0. The Bertz CT molecular complexity index is 764. The second-order valence-corrected chi connectivity index (χ2v) is 5.84. The maximum absolute atomic E-state index is 5.41. The van der Waals surface area contributed by atoms with Gasteiger partial charge in [0.05, 0.1) is 26.1 Å². The Morgan fingerprint density at radius 1 is 1.28 bits per heavy atom. The number of hydrogen-bond donors (Lipinski definition) is 2. The van der Waals surface area contributed by atoms with Gasteiger partial charge in [-0.2, -0.15) is 0 Å². The molecule has 0 bridgehead atoms. The molecule has 1 aliphatic rings. The van der Waals surface area contributed by atoms with Gasteiger partial charge in [-0.25, -0.2) is 15.0 Å².